The summed E-state index contributed by atoms with van der Waals surface area (Å²) in [6.45, 7) is 9.12. The van der Waals surface area contributed by atoms with Crippen LogP contribution in [0.5, 0.6) is 0 Å². The van der Waals surface area contributed by atoms with Gasteiger partial charge < -0.3 is 0 Å². The number of ketones is 1. The van der Waals surface area contributed by atoms with Crippen molar-refractivity contribution in [3.8, 4) is 0 Å². The molecule has 0 radical (unpaired) electrons. The van der Waals surface area contributed by atoms with Gasteiger partial charge in [-0.15, -0.1) is 11.6 Å². The summed E-state index contributed by atoms with van der Waals surface area (Å²) < 4.78 is 0. The molecule has 0 aliphatic carbocycles. The van der Waals surface area contributed by atoms with E-state index in [-0.39, 0.29) is 5.78 Å². The van der Waals surface area contributed by atoms with E-state index in [9.17, 15) is 4.79 Å². The molecule has 1 unspecified atom stereocenters. The number of hydrogen-bond acceptors (Lipinski definition) is 1. The van der Waals surface area contributed by atoms with Crippen molar-refractivity contribution in [3.63, 3.8) is 0 Å². The molecule has 0 bridgehead atoms. The molecule has 0 aliphatic rings. The number of hydrogen-bond donors (Lipinski definition) is 0. The Hall–Kier alpha value is -0.300. The molecule has 0 saturated carbocycles. The first-order valence-corrected chi connectivity index (χ1v) is 4.19. The molecule has 11 heavy (non-hydrogen) atoms. The second-order valence-electron chi connectivity index (χ2n) is 2.96. The molecular formula is C9H15ClO. The van der Waals surface area contributed by atoms with Crippen LogP contribution in [-0.2, 0) is 4.79 Å². The molecular weight excluding hydrogens is 160 g/mol. The number of carbonyl (C=O) groups is 1. The standard InChI is InChI=1S/C9H15ClO/c1-5-6-8(11)9(4,10)7(2)3/h2,5-6H2,1,3-4H3. The van der Waals surface area contributed by atoms with Crippen molar-refractivity contribution >= 4 is 17.4 Å². The molecule has 0 aliphatic heterocycles. The predicted octanol–water partition coefficient (Wildman–Crippen LogP) is 2.93. The van der Waals surface area contributed by atoms with Crippen molar-refractivity contribution in [2.75, 3.05) is 0 Å². The van der Waals surface area contributed by atoms with Crippen molar-refractivity contribution in [3.05, 3.63) is 12.2 Å². The fourth-order valence-corrected chi connectivity index (χ4v) is 0.794. The zero-order valence-electron chi connectivity index (χ0n) is 7.41. The summed E-state index contributed by atoms with van der Waals surface area (Å²) in [6.07, 6.45) is 1.38. The minimum absolute atomic E-state index is 0.0640. The van der Waals surface area contributed by atoms with Crippen molar-refractivity contribution in [1.82, 2.24) is 0 Å². The van der Waals surface area contributed by atoms with Crippen LogP contribution in [0.2, 0.25) is 0 Å². The van der Waals surface area contributed by atoms with Gasteiger partial charge >= 0.3 is 0 Å². The van der Waals surface area contributed by atoms with E-state index in [4.69, 9.17) is 11.6 Å². The van der Waals surface area contributed by atoms with Crippen LogP contribution in [0.15, 0.2) is 12.2 Å². The molecule has 0 rings (SSSR count). The highest BCUT2D eigenvalue weighted by molar-refractivity contribution is 6.37. The first-order valence-electron chi connectivity index (χ1n) is 3.81. The van der Waals surface area contributed by atoms with E-state index in [0.717, 1.165) is 12.0 Å². The summed E-state index contributed by atoms with van der Waals surface area (Å²) in [5, 5.41) is 0. The SMILES string of the molecule is C=C(C)C(C)(Cl)C(=O)CCC. The van der Waals surface area contributed by atoms with Gasteiger partial charge in [0.05, 0.1) is 0 Å². The average Bonchev–Trinajstić information content (AvgIpc) is 1.88. The van der Waals surface area contributed by atoms with Gasteiger partial charge in [-0.05, 0) is 20.3 Å². The van der Waals surface area contributed by atoms with Gasteiger partial charge in [-0.2, -0.15) is 0 Å². The molecule has 0 spiro atoms. The van der Waals surface area contributed by atoms with Crippen LogP contribution in [0.4, 0.5) is 0 Å². The van der Waals surface area contributed by atoms with E-state index in [1.165, 1.54) is 0 Å². The summed E-state index contributed by atoms with van der Waals surface area (Å²) in [7, 11) is 0. The van der Waals surface area contributed by atoms with Gasteiger partial charge in [0.2, 0.25) is 0 Å². The first kappa shape index (κ1) is 10.7. The van der Waals surface area contributed by atoms with Gasteiger partial charge in [-0.1, -0.05) is 19.1 Å². The van der Waals surface area contributed by atoms with Crippen LogP contribution >= 0.6 is 11.6 Å². The van der Waals surface area contributed by atoms with Crippen molar-refractivity contribution in [2.24, 2.45) is 0 Å². The highest BCUT2D eigenvalue weighted by Crippen LogP contribution is 2.25. The number of halogens is 1. The number of alkyl halides is 1. The summed E-state index contributed by atoms with van der Waals surface area (Å²) in [4.78, 5) is 10.5. The van der Waals surface area contributed by atoms with Gasteiger partial charge in [-0.25, -0.2) is 0 Å². The molecule has 2 heteroatoms. The summed E-state index contributed by atoms with van der Waals surface area (Å²) in [5.41, 5.74) is 0.720. The molecule has 0 fully saturated rings. The van der Waals surface area contributed by atoms with E-state index >= 15 is 0 Å². The lowest BCUT2D eigenvalue weighted by Gasteiger charge is -2.19. The number of allylic oxidation sites excluding steroid dienone is 1. The van der Waals surface area contributed by atoms with Gasteiger partial charge in [0, 0.05) is 6.42 Å². The molecule has 0 aromatic rings. The van der Waals surface area contributed by atoms with Crippen molar-refractivity contribution in [1.29, 1.82) is 0 Å². The van der Waals surface area contributed by atoms with Gasteiger partial charge in [-0.3, -0.25) is 4.79 Å². The lowest BCUT2D eigenvalue weighted by atomic mass is 9.95. The van der Waals surface area contributed by atoms with Crippen LogP contribution in [0.3, 0.4) is 0 Å². The van der Waals surface area contributed by atoms with Gasteiger partial charge in [0.15, 0.2) is 5.78 Å². The molecule has 0 N–H and O–H groups in total. The zero-order valence-corrected chi connectivity index (χ0v) is 8.16. The van der Waals surface area contributed by atoms with Crippen LogP contribution in [-0.4, -0.2) is 10.7 Å². The van der Waals surface area contributed by atoms with E-state index in [1.54, 1.807) is 13.8 Å². The molecule has 1 nitrogen and oxygen atoms in total. The highest BCUT2D eigenvalue weighted by atomic mass is 35.5. The summed E-state index contributed by atoms with van der Waals surface area (Å²) in [6, 6.07) is 0. The van der Waals surface area contributed by atoms with Crippen LogP contribution < -0.4 is 0 Å². The number of carbonyl (C=O) groups excluding carboxylic acids is 1. The monoisotopic (exact) mass is 174 g/mol. The van der Waals surface area contributed by atoms with E-state index in [0.29, 0.717) is 6.42 Å². The smallest absolute Gasteiger partial charge is 0.157 e. The Morgan fingerprint density at radius 2 is 2.09 bits per heavy atom. The maximum Gasteiger partial charge on any atom is 0.157 e. The zero-order chi connectivity index (χ0) is 9.07. The highest BCUT2D eigenvalue weighted by Gasteiger charge is 2.29. The van der Waals surface area contributed by atoms with Crippen LogP contribution in [0.25, 0.3) is 0 Å². The van der Waals surface area contributed by atoms with Gasteiger partial charge in [0.1, 0.15) is 4.87 Å². The maximum absolute atomic E-state index is 11.3. The van der Waals surface area contributed by atoms with Gasteiger partial charge in [0.25, 0.3) is 0 Å². The maximum atomic E-state index is 11.3. The second kappa shape index (κ2) is 3.91. The van der Waals surface area contributed by atoms with E-state index < -0.39 is 4.87 Å². The Labute approximate surface area is 73.4 Å². The average molecular weight is 175 g/mol. The Morgan fingerprint density at radius 1 is 1.64 bits per heavy atom. The lowest BCUT2D eigenvalue weighted by Crippen LogP contribution is -2.29. The lowest BCUT2D eigenvalue weighted by molar-refractivity contribution is -0.120. The second-order valence-corrected chi connectivity index (χ2v) is 3.71. The molecule has 1 atom stereocenters. The fraction of sp³-hybridized carbons (Fsp3) is 0.667. The molecule has 0 saturated heterocycles. The topological polar surface area (TPSA) is 17.1 Å². The minimum Gasteiger partial charge on any atom is -0.297 e. The Bertz CT molecular complexity index is 170. The summed E-state index contributed by atoms with van der Waals surface area (Å²) in [5.74, 6) is 0.0640. The van der Waals surface area contributed by atoms with Crippen LogP contribution in [0.1, 0.15) is 33.6 Å². The first-order chi connectivity index (χ1) is 4.92. The van der Waals surface area contributed by atoms with Crippen LogP contribution in [0, 0.1) is 0 Å². The number of Topliss-reactive ketones (excluding diaryl/α,β-unsaturated/α-hetero) is 1. The molecule has 0 heterocycles. The normalized spacial score (nSPS) is 15.6. The molecule has 0 aromatic heterocycles. The predicted molar refractivity (Wildman–Crippen MR) is 49.0 cm³/mol. The third kappa shape index (κ3) is 2.66. The van der Waals surface area contributed by atoms with E-state index in [1.807, 2.05) is 6.92 Å². The third-order valence-electron chi connectivity index (χ3n) is 1.80. The molecule has 0 aromatic carbocycles. The quantitative estimate of drug-likeness (QED) is 0.473. The largest absolute Gasteiger partial charge is 0.297 e. The Kier molecular flexibility index (Phi) is 3.81. The third-order valence-corrected chi connectivity index (χ3v) is 2.34. The van der Waals surface area contributed by atoms with Crippen molar-refractivity contribution in [2.45, 2.75) is 38.5 Å². The number of rotatable bonds is 4. The fourth-order valence-electron chi connectivity index (χ4n) is 0.700. The Morgan fingerprint density at radius 3 is 2.36 bits per heavy atom. The Balaban J connectivity index is 4.30. The van der Waals surface area contributed by atoms with Crippen molar-refractivity contribution < 1.29 is 4.79 Å². The summed E-state index contributed by atoms with van der Waals surface area (Å²) >= 11 is 5.95. The van der Waals surface area contributed by atoms with E-state index in [2.05, 4.69) is 6.58 Å². The molecule has 64 valence electrons. The minimum atomic E-state index is -0.851. The molecule has 0 amide bonds.